The molecule has 4 rings (SSSR count). The summed E-state index contributed by atoms with van der Waals surface area (Å²) in [5.41, 5.74) is 0.0844. The van der Waals surface area contributed by atoms with Crippen molar-refractivity contribution in [2.75, 3.05) is 34.9 Å². The molecule has 37 heavy (non-hydrogen) atoms. The first-order valence-electron chi connectivity index (χ1n) is 12.4. The summed E-state index contributed by atoms with van der Waals surface area (Å²) in [7, 11) is 7.08. The molecule has 2 aromatic rings. The molecule has 1 aliphatic heterocycles. The van der Waals surface area contributed by atoms with Crippen molar-refractivity contribution < 1.29 is 24.1 Å². The standard InChI is InChI=1S/C25H34ClN5O5S/c1-30(2)11-12-31-24(27-28-29-31)37-22-19(32)15-25(36-23(22)33,17-7-5-6-8-17)10-9-16-13-18(26)21(35-4)14-20(16)34-3/h13-14,17,32H,5-12,15H2,1-4H3. The number of halogens is 1. The van der Waals surface area contributed by atoms with Crippen molar-refractivity contribution in [1.29, 1.82) is 0 Å². The van der Waals surface area contributed by atoms with Gasteiger partial charge in [-0.1, -0.05) is 24.4 Å². The molecule has 0 radical (unpaired) electrons. The Morgan fingerprint density at radius 2 is 1.97 bits per heavy atom. The van der Waals surface area contributed by atoms with Gasteiger partial charge in [0.1, 0.15) is 27.8 Å². The van der Waals surface area contributed by atoms with Crippen LogP contribution in [0.4, 0.5) is 0 Å². The number of aryl methyl sites for hydroxylation is 1. The van der Waals surface area contributed by atoms with Gasteiger partial charge in [0.25, 0.3) is 0 Å². The molecule has 2 heterocycles. The lowest BCUT2D eigenvalue weighted by molar-refractivity contribution is -0.166. The Labute approximate surface area is 226 Å². The highest BCUT2D eigenvalue weighted by Gasteiger charge is 2.48. The minimum absolute atomic E-state index is 0.0232. The topological polar surface area (TPSA) is 112 Å². The summed E-state index contributed by atoms with van der Waals surface area (Å²) >= 11 is 7.44. The van der Waals surface area contributed by atoms with Crippen molar-refractivity contribution in [3.8, 4) is 11.5 Å². The fourth-order valence-electron chi connectivity index (χ4n) is 5.13. The minimum Gasteiger partial charge on any atom is -0.511 e. The molecule has 1 fully saturated rings. The molecule has 1 atom stereocenters. The zero-order valence-electron chi connectivity index (χ0n) is 21.7. The first kappa shape index (κ1) is 27.5. The summed E-state index contributed by atoms with van der Waals surface area (Å²) in [4.78, 5) is 15.5. The van der Waals surface area contributed by atoms with Crippen LogP contribution in [0, 0.1) is 5.92 Å². The van der Waals surface area contributed by atoms with Crippen LogP contribution in [0.2, 0.25) is 5.02 Å². The molecule has 1 aliphatic carbocycles. The SMILES string of the molecule is COc1cc(OC)c(CCC2(C3CCCC3)CC(O)=C(Sc3nnnn3CCN(C)C)C(=O)O2)cc1Cl. The first-order valence-corrected chi connectivity index (χ1v) is 13.6. The van der Waals surface area contributed by atoms with Gasteiger partial charge in [0, 0.05) is 19.0 Å². The van der Waals surface area contributed by atoms with E-state index in [1.54, 1.807) is 25.0 Å². The van der Waals surface area contributed by atoms with Gasteiger partial charge in [-0.25, -0.2) is 9.48 Å². The quantitative estimate of drug-likeness (QED) is 0.406. The highest BCUT2D eigenvalue weighted by Crippen LogP contribution is 2.48. The molecule has 10 nitrogen and oxygen atoms in total. The second-order valence-electron chi connectivity index (χ2n) is 9.78. The van der Waals surface area contributed by atoms with E-state index in [-0.39, 0.29) is 23.0 Å². The number of aliphatic hydroxyl groups is 1. The number of ether oxygens (including phenoxy) is 3. The third-order valence-corrected chi connectivity index (χ3v) is 8.51. The fourth-order valence-corrected chi connectivity index (χ4v) is 6.20. The van der Waals surface area contributed by atoms with Gasteiger partial charge in [-0.2, -0.15) is 0 Å². The lowest BCUT2D eigenvalue weighted by atomic mass is 9.77. The number of hydrogen-bond donors (Lipinski definition) is 1. The van der Waals surface area contributed by atoms with Gasteiger partial charge in [-0.05, 0) is 79.5 Å². The van der Waals surface area contributed by atoms with Crippen molar-refractivity contribution in [2.24, 2.45) is 5.92 Å². The Balaban J connectivity index is 1.57. The number of carbonyl (C=O) groups excluding carboxylic acids is 1. The van der Waals surface area contributed by atoms with Gasteiger partial charge >= 0.3 is 5.97 Å². The van der Waals surface area contributed by atoms with Crippen LogP contribution >= 0.6 is 23.4 Å². The van der Waals surface area contributed by atoms with E-state index >= 15 is 0 Å². The number of tetrazole rings is 1. The normalized spacial score (nSPS) is 20.5. The number of carbonyl (C=O) groups is 1. The average molecular weight is 552 g/mol. The van der Waals surface area contributed by atoms with Gasteiger partial charge in [-0.3, -0.25) is 0 Å². The number of cyclic esters (lactones) is 1. The summed E-state index contributed by atoms with van der Waals surface area (Å²) in [5.74, 6) is 0.838. The summed E-state index contributed by atoms with van der Waals surface area (Å²) < 4.78 is 18.7. The van der Waals surface area contributed by atoms with Gasteiger partial charge < -0.3 is 24.2 Å². The number of benzene rings is 1. The third kappa shape index (κ3) is 6.15. The zero-order valence-corrected chi connectivity index (χ0v) is 23.3. The predicted octanol–water partition coefficient (Wildman–Crippen LogP) is 4.28. The molecule has 12 heteroatoms. The Morgan fingerprint density at radius 1 is 1.24 bits per heavy atom. The number of aliphatic hydroxyl groups excluding tert-OH is 1. The maximum Gasteiger partial charge on any atom is 0.349 e. The van der Waals surface area contributed by atoms with Crippen LogP contribution in [0.5, 0.6) is 11.5 Å². The van der Waals surface area contributed by atoms with Crippen molar-refractivity contribution in [2.45, 2.75) is 62.2 Å². The Hall–Kier alpha value is -2.50. The van der Waals surface area contributed by atoms with Crippen molar-refractivity contribution in [1.82, 2.24) is 25.1 Å². The molecule has 1 N–H and O–H groups in total. The number of hydrogen-bond acceptors (Lipinski definition) is 10. The van der Waals surface area contributed by atoms with E-state index in [0.717, 1.165) is 49.6 Å². The summed E-state index contributed by atoms with van der Waals surface area (Å²) in [6, 6.07) is 3.59. The van der Waals surface area contributed by atoms with Crippen molar-refractivity contribution in [3.05, 3.63) is 33.4 Å². The van der Waals surface area contributed by atoms with Crippen LogP contribution in [0.15, 0.2) is 28.0 Å². The van der Waals surface area contributed by atoms with Crippen LogP contribution in [0.3, 0.4) is 0 Å². The average Bonchev–Trinajstić information content (AvgIpc) is 3.56. The molecular formula is C25H34ClN5O5S. The van der Waals surface area contributed by atoms with Gasteiger partial charge in [0.2, 0.25) is 5.16 Å². The Bertz CT molecular complexity index is 1150. The van der Waals surface area contributed by atoms with Crippen LogP contribution < -0.4 is 9.47 Å². The maximum atomic E-state index is 13.3. The zero-order chi connectivity index (χ0) is 26.6. The first-order chi connectivity index (χ1) is 17.8. The van der Waals surface area contributed by atoms with E-state index in [2.05, 4.69) is 15.5 Å². The van der Waals surface area contributed by atoms with Crippen molar-refractivity contribution >= 4 is 29.3 Å². The maximum absolute atomic E-state index is 13.3. The third-order valence-electron chi connectivity index (χ3n) is 7.13. The smallest absolute Gasteiger partial charge is 0.349 e. The fraction of sp³-hybridized carbons (Fsp3) is 0.600. The Morgan fingerprint density at radius 3 is 2.62 bits per heavy atom. The number of likely N-dealkylation sites (N-methyl/N-ethyl adjacent to an activating group) is 1. The molecule has 1 saturated carbocycles. The molecule has 0 amide bonds. The minimum atomic E-state index is -0.810. The molecule has 202 valence electrons. The van der Waals surface area contributed by atoms with Crippen molar-refractivity contribution in [3.63, 3.8) is 0 Å². The summed E-state index contributed by atoms with van der Waals surface area (Å²) in [6.07, 6.45) is 5.40. The number of aromatic nitrogens is 4. The van der Waals surface area contributed by atoms with Gasteiger partial charge in [0.15, 0.2) is 0 Å². The van der Waals surface area contributed by atoms with Crippen LogP contribution in [-0.4, -0.2) is 76.6 Å². The van der Waals surface area contributed by atoms with Crippen LogP contribution in [-0.2, 0) is 22.5 Å². The lowest BCUT2D eigenvalue weighted by Crippen LogP contribution is -2.45. The monoisotopic (exact) mass is 551 g/mol. The largest absolute Gasteiger partial charge is 0.511 e. The van der Waals surface area contributed by atoms with Gasteiger partial charge in [0.05, 0.1) is 25.8 Å². The van der Waals surface area contributed by atoms with E-state index in [9.17, 15) is 9.90 Å². The van der Waals surface area contributed by atoms with Crippen LogP contribution in [0.25, 0.3) is 0 Å². The molecular weight excluding hydrogens is 518 g/mol. The molecule has 0 saturated heterocycles. The molecule has 0 bridgehead atoms. The van der Waals surface area contributed by atoms with E-state index in [0.29, 0.717) is 41.1 Å². The number of rotatable bonds is 11. The molecule has 2 aliphatic rings. The molecule has 1 aromatic carbocycles. The van der Waals surface area contributed by atoms with E-state index in [1.807, 2.05) is 25.1 Å². The number of esters is 1. The highest BCUT2D eigenvalue weighted by atomic mass is 35.5. The predicted molar refractivity (Wildman–Crippen MR) is 140 cm³/mol. The second kappa shape index (κ2) is 11.9. The lowest BCUT2D eigenvalue weighted by Gasteiger charge is -2.41. The number of thioether (sulfide) groups is 1. The second-order valence-corrected chi connectivity index (χ2v) is 11.2. The highest BCUT2D eigenvalue weighted by molar-refractivity contribution is 8.03. The van der Waals surface area contributed by atoms with E-state index in [1.165, 1.54) is 0 Å². The summed E-state index contributed by atoms with van der Waals surface area (Å²) in [6.45, 7) is 1.29. The molecule has 1 aromatic heterocycles. The number of nitrogens with zero attached hydrogens (tertiary/aromatic N) is 5. The summed E-state index contributed by atoms with van der Waals surface area (Å²) in [5, 5.41) is 23.9. The number of methoxy groups -OCH3 is 2. The van der Waals surface area contributed by atoms with Crippen LogP contribution in [0.1, 0.15) is 44.1 Å². The van der Waals surface area contributed by atoms with E-state index in [4.69, 9.17) is 25.8 Å². The van der Waals surface area contributed by atoms with E-state index < -0.39 is 11.6 Å². The van der Waals surface area contributed by atoms with Gasteiger partial charge in [-0.15, -0.1) is 5.10 Å². The molecule has 0 spiro atoms. The molecule has 1 unspecified atom stereocenters. The Kier molecular flexibility index (Phi) is 8.86.